The van der Waals surface area contributed by atoms with E-state index in [1.165, 1.54) is 7.11 Å². The van der Waals surface area contributed by atoms with Gasteiger partial charge in [0.15, 0.2) is 5.78 Å². The Balaban J connectivity index is 2.39. The van der Waals surface area contributed by atoms with E-state index >= 15 is 0 Å². The molecule has 5 nitrogen and oxygen atoms in total. The van der Waals surface area contributed by atoms with Crippen LogP contribution in [0.4, 0.5) is 0 Å². The summed E-state index contributed by atoms with van der Waals surface area (Å²) in [7, 11) is 1.22. The minimum absolute atomic E-state index is 0.0740. The number of ketones is 1. The van der Waals surface area contributed by atoms with Crippen LogP contribution in [0.2, 0.25) is 0 Å². The summed E-state index contributed by atoms with van der Waals surface area (Å²) in [6.45, 7) is 0. The molecule has 0 saturated heterocycles. The molecular weight excluding hydrogens is 222 g/mol. The number of esters is 1. The monoisotopic (exact) mass is 233 g/mol. The molecule has 0 saturated carbocycles. The summed E-state index contributed by atoms with van der Waals surface area (Å²) in [5.41, 5.74) is 0.639. The van der Waals surface area contributed by atoms with Crippen molar-refractivity contribution in [2.24, 2.45) is 0 Å². The van der Waals surface area contributed by atoms with Crippen LogP contribution in [0.1, 0.15) is 27.1 Å². The van der Waals surface area contributed by atoms with Gasteiger partial charge in [0.05, 0.1) is 12.7 Å². The Hall–Kier alpha value is -2.17. The number of rotatable bonds is 1. The largest absolute Gasteiger partial charge is 0.467 e. The summed E-state index contributed by atoms with van der Waals surface area (Å²) in [5, 5.41) is 2.48. The first-order valence-electron chi connectivity index (χ1n) is 5.14. The Bertz CT molecular complexity index is 458. The summed E-state index contributed by atoms with van der Waals surface area (Å²) < 4.78 is 4.53. The van der Waals surface area contributed by atoms with Gasteiger partial charge in [0.1, 0.15) is 6.04 Å². The highest BCUT2D eigenvalue weighted by Crippen LogP contribution is 2.16. The van der Waals surface area contributed by atoms with Crippen molar-refractivity contribution in [3.8, 4) is 0 Å². The standard InChI is InChI=1S/C12H11NO4/c1-17-12(16)9-6-10(14)7-4-2-3-5-8(7)11(15)13-9/h2-5,9H,6H2,1H3,(H,13,15)/t9-/m0/s1. The summed E-state index contributed by atoms with van der Waals surface area (Å²) in [4.78, 5) is 35.1. The van der Waals surface area contributed by atoms with Crippen LogP contribution < -0.4 is 5.32 Å². The number of amides is 1. The highest BCUT2D eigenvalue weighted by Gasteiger charge is 2.31. The minimum atomic E-state index is -0.910. The average molecular weight is 233 g/mol. The second kappa shape index (κ2) is 4.37. The first-order chi connectivity index (χ1) is 8.13. The van der Waals surface area contributed by atoms with Crippen molar-refractivity contribution in [1.82, 2.24) is 5.32 Å². The molecular formula is C12H11NO4. The van der Waals surface area contributed by atoms with Crippen molar-refractivity contribution >= 4 is 17.7 Å². The number of hydrogen-bond acceptors (Lipinski definition) is 4. The molecule has 0 spiro atoms. The summed E-state index contributed by atoms with van der Waals surface area (Å²) in [6, 6.07) is 5.58. The van der Waals surface area contributed by atoms with Gasteiger partial charge in [-0.25, -0.2) is 4.79 Å². The SMILES string of the molecule is COC(=O)[C@@H]1CC(=O)c2ccccc2C(=O)N1. The predicted octanol–water partition coefficient (Wildman–Crippen LogP) is 0.544. The predicted molar refractivity (Wildman–Crippen MR) is 58.7 cm³/mol. The first-order valence-corrected chi connectivity index (χ1v) is 5.14. The second-order valence-corrected chi connectivity index (χ2v) is 3.72. The highest BCUT2D eigenvalue weighted by molar-refractivity contribution is 6.12. The van der Waals surface area contributed by atoms with Crippen LogP contribution in [0.5, 0.6) is 0 Å². The quantitative estimate of drug-likeness (QED) is 0.719. The van der Waals surface area contributed by atoms with E-state index < -0.39 is 17.9 Å². The van der Waals surface area contributed by atoms with Gasteiger partial charge in [-0.1, -0.05) is 18.2 Å². The molecule has 1 amide bonds. The van der Waals surface area contributed by atoms with E-state index in [0.29, 0.717) is 11.1 Å². The van der Waals surface area contributed by atoms with Gasteiger partial charge in [-0.05, 0) is 6.07 Å². The third kappa shape index (κ3) is 2.04. The van der Waals surface area contributed by atoms with Gasteiger partial charge in [0.25, 0.3) is 5.91 Å². The lowest BCUT2D eigenvalue weighted by Gasteiger charge is -2.11. The van der Waals surface area contributed by atoms with E-state index in [1.807, 2.05) is 0 Å². The lowest BCUT2D eigenvalue weighted by atomic mass is 10.0. The number of nitrogens with one attached hydrogen (secondary N) is 1. The highest BCUT2D eigenvalue weighted by atomic mass is 16.5. The van der Waals surface area contributed by atoms with E-state index in [4.69, 9.17) is 0 Å². The number of Topliss-reactive ketones (excluding diaryl/α,β-unsaturated/α-hetero) is 1. The number of fused-ring (bicyclic) bond motifs is 1. The van der Waals surface area contributed by atoms with Crippen LogP contribution in [0.25, 0.3) is 0 Å². The molecule has 5 heteroatoms. The molecule has 0 bridgehead atoms. The number of carbonyl (C=O) groups excluding carboxylic acids is 3. The van der Waals surface area contributed by atoms with Crippen molar-refractivity contribution < 1.29 is 19.1 Å². The smallest absolute Gasteiger partial charge is 0.328 e. The van der Waals surface area contributed by atoms with Crippen molar-refractivity contribution in [3.05, 3.63) is 35.4 Å². The molecule has 0 fully saturated rings. The number of methoxy groups -OCH3 is 1. The summed E-state index contributed by atoms with van der Waals surface area (Å²) in [6.07, 6.45) is -0.0740. The second-order valence-electron chi connectivity index (χ2n) is 3.72. The van der Waals surface area contributed by atoms with E-state index in [0.717, 1.165) is 0 Å². The molecule has 0 unspecified atom stereocenters. The molecule has 0 radical (unpaired) electrons. The Morgan fingerprint density at radius 1 is 1.29 bits per heavy atom. The molecule has 1 aliphatic heterocycles. The summed E-state index contributed by atoms with van der Waals surface area (Å²) >= 11 is 0. The van der Waals surface area contributed by atoms with Gasteiger partial charge < -0.3 is 10.1 Å². The molecule has 1 atom stereocenters. The average Bonchev–Trinajstić information content (AvgIpc) is 2.48. The Labute approximate surface area is 97.8 Å². The van der Waals surface area contributed by atoms with Crippen molar-refractivity contribution in [2.45, 2.75) is 12.5 Å². The van der Waals surface area contributed by atoms with Crippen LogP contribution in [-0.2, 0) is 9.53 Å². The van der Waals surface area contributed by atoms with E-state index in [2.05, 4.69) is 10.1 Å². The topological polar surface area (TPSA) is 72.5 Å². The fourth-order valence-electron chi connectivity index (χ4n) is 1.79. The maximum absolute atomic E-state index is 11.9. The van der Waals surface area contributed by atoms with Crippen LogP contribution in [-0.4, -0.2) is 30.8 Å². The molecule has 1 aromatic rings. The molecule has 1 aliphatic rings. The van der Waals surface area contributed by atoms with Crippen LogP contribution in [0, 0.1) is 0 Å². The lowest BCUT2D eigenvalue weighted by Crippen LogP contribution is -2.40. The number of carbonyl (C=O) groups is 3. The van der Waals surface area contributed by atoms with Crippen LogP contribution in [0.3, 0.4) is 0 Å². The molecule has 1 N–H and O–H groups in total. The molecule has 1 aromatic carbocycles. The zero-order valence-electron chi connectivity index (χ0n) is 9.23. The van der Waals surface area contributed by atoms with Gasteiger partial charge in [-0.3, -0.25) is 9.59 Å². The fourth-order valence-corrected chi connectivity index (χ4v) is 1.79. The van der Waals surface area contributed by atoms with Crippen LogP contribution in [0.15, 0.2) is 24.3 Å². The molecule has 2 rings (SSSR count). The maximum atomic E-state index is 11.9. The van der Waals surface area contributed by atoms with Gasteiger partial charge in [-0.2, -0.15) is 0 Å². The van der Waals surface area contributed by atoms with Gasteiger partial charge in [-0.15, -0.1) is 0 Å². The minimum Gasteiger partial charge on any atom is -0.467 e. The molecule has 0 aliphatic carbocycles. The lowest BCUT2D eigenvalue weighted by molar-refractivity contribution is -0.142. The van der Waals surface area contributed by atoms with Gasteiger partial charge in [0.2, 0.25) is 0 Å². The van der Waals surface area contributed by atoms with E-state index in [-0.39, 0.29) is 12.2 Å². The van der Waals surface area contributed by atoms with E-state index in [1.54, 1.807) is 24.3 Å². The molecule has 17 heavy (non-hydrogen) atoms. The Morgan fingerprint density at radius 2 is 1.94 bits per heavy atom. The maximum Gasteiger partial charge on any atom is 0.328 e. The van der Waals surface area contributed by atoms with Crippen molar-refractivity contribution in [1.29, 1.82) is 0 Å². The van der Waals surface area contributed by atoms with Crippen molar-refractivity contribution in [2.75, 3.05) is 7.11 Å². The Kier molecular flexibility index (Phi) is 2.91. The fraction of sp³-hybridized carbons (Fsp3) is 0.250. The molecule has 1 heterocycles. The third-order valence-corrected chi connectivity index (χ3v) is 2.65. The normalized spacial score (nSPS) is 19.0. The number of benzene rings is 1. The first kappa shape index (κ1) is 11.3. The van der Waals surface area contributed by atoms with E-state index in [9.17, 15) is 14.4 Å². The van der Waals surface area contributed by atoms with Gasteiger partial charge >= 0.3 is 5.97 Å². The van der Waals surface area contributed by atoms with Crippen LogP contribution >= 0.6 is 0 Å². The zero-order valence-corrected chi connectivity index (χ0v) is 9.23. The summed E-state index contributed by atoms with van der Waals surface area (Å²) in [5.74, 6) is -1.28. The van der Waals surface area contributed by atoms with Gasteiger partial charge in [0, 0.05) is 12.0 Å². The Morgan fingerprint density at radius 3 is 2.59 bits per heavy atom. The molecule has 88 valence electrons. The zero-order chi connectivity index (χ0) is 12.4. The number of ether oxygens (including phenoxy) is 1. The number of hydrogen-bond donors (Lipinski definition) is 1. The molecule has 0 aromatic heterocycles. The third-order valence-electron chi connectivity index (χ3n) is 2.65. The van der Waals surface area contributed by atoms with Crippen molar-refractivity contribution in [3.63, 3.8) is 0 Å².